The molecule has 0 bridgehead atoms. The summed E-state index contributed by atoms with van der Waals surface area (Å²) in [5, 5.41) is 11.8. The molecule has 0 spiro atoms. The zero-order valence-electron chi connectivity index (χ0n) is 19.3. The first kappa shape index (κ1) is 23.2. The molecular weight excluding hydrogens is 430 g/mol. The number of carboxylic acid groups (broad SMARTS) is 1. The van der Waals surface area contributed by atoms with E-state index in [-0.39, 0.29) is 6.04 Å². The van der Waals surface area contributed by atoms with Crippen LogP contribution in [0.3, 0.4) is 0 Å². The molecule has 0 unspecified atom stereocenters. The molecule has 3 aromatic rings. The molecule has 1 amide bonds. The van der Waals surface area contributed by atoms with E-state index in [0.29, 0.717) is 17.7 Å². The highest BCUT2D eigenvalue weighted by Crippen LogP contribution is 2.35. The first-order valence-electron chi connectivity index (χ1n) is 11.3. The number of amides is 1. The fourth-order valence-electron chi connectivity index (χ4n) is 4.54. The molecule has 4 rings (SSSR count). The highest BCUT2D eigenvalue weighted by atomic mass is 16.5. The molecule has 6 heteroatoms. The molecule has 1 atom stereocenters. The van der Waals surface area contributed by atoms with Crippen molar-refractivity contribution >= 4 is 17.7 Å². The summed E-state index contributed by atoms with van der Waals surface area (Å²) in [6.07, 6.45) is 2.22. The third kappa shape index (κ3) is 5.01. The number of carbonyl (C=O) groups is 3. The Morgan fingerprint density at radius 3 is 2.56 bits per heavy atom. The van der Waals surface area contributed by atoms with Gasteiger partial charge in [-0.05, 0) is 73.1 Å². The number of hydrogen-bond donors (Lipinski definition) is 2. The van der Waals surface area contributed by atoms with Gasteiger partial charge in [-0.3, -0.25) is 9.59 Å². The Kier molecular flexibility index (Phi) is 6.77. The second-order valence-corrected chi connectivity index (χ2v) is 8.65. The molecule has 6 nitrogen and oxygen atoms in total. The Morgan fingerprint density at radius 1 is 1.03 bits per heavy atom. The van der Waals surface area contributed by atoms with Gasteiger partial charge in [0.15, 0.2) is 6.61 Å². The number of rotatable bonds is 7. The average Bonchev–Trinajstić information content (AvgIpc) is 2.82. The molecule has 2 N–H and O–H groups in total. The summed E-state index contributed by atoms with van der Waals surface area (Å²) < 4.78 is 5.42. The lowest BCUT2D eigenvalue weighted by atomic mass is 9.87. The third-order valence-corrected chi connectivity index (χ3v) is 6.14. The van der Waals surface area contributed by atoms with E-state index in [1.807, 2.05) is 44.2 Å². The lowest BCUT2D eigenvalue weighted by Gasteiger charge is -2.27. The van der Waals surface area contributed by atoms with Crippen molar-refractivity contribution in [3.63, 3.8) is 0 Å². The van der Waals surface area contributed by atoms with Gasteiger partial charge in [0.2, 0.25) is 5.78 Å². The fraction of sp³-hybridized carbons (Fsp3) is 0.250. The number of ether oxygens (including phenoxy) is 1. The van der Waals surface area contributed by atoms with Crippen LogP contribution in [0.4, 0.5) is 0 Å². The SMILES string of the molecule is Cc1cccc(-c2ccc(C(=O)C(=O)N[C@@H]3CCCc4c(OCC(=O)O)cccc43)cc2C)c1. The molecule has 34 heavy (non-hydrogen) atoms. The Hall–Kier alpha value is -3.93. The summed E-state index contributed by atoms with van der Waals surface area (Å²) in [5.74, 6) is -1.78. The largest absolute Gasteiger partial charge is 0.482 e. The molecule has 0 saturated carbocycles. The standard InChI is InChI=1S/C28H27NO5/c1-17-6-3-7-19(14-17)21-13-12-20(15-18(21)2)27(32)28(33)29-24-10-4-9-23-22(24)8-5-11-25(23)34-16-26(30)31/h3,5-8,11-15,24H,4,9-10,16H2,1-2H3,(H,29,33)(H,30,31)/t24-/m1/s1. The minimum Gasteiger partial charge on any atom is -0.482 e. The predicted octanol–water partition coefficient (Wildman–Crippen LogP) is 4.81. The summed E-state index contributed by atoms with van der Waals surface area (Å²) in [4.78, 5) is 36.7. The van der Waals surface area contributed by atoms with Crippen LogP contribution in [0.15, 0.2) is 60.7 Å². The molecule has 3 aromatic carbocycles. The zero-order valence-corrected chi connectivity index (χ0v) is 19.3. The van der Waals surface area contributed by atoms with E-state index in [2.05, 4.69) is 11.4 Å². The second-order valence-electron chi connectivity index (χ2n) is 8.65. The summed E-state index contributed by atoms with van der Waals surface area (Å²) in [5.41, 5.74) is 6.26. The van der Waals surface area contributed by atoms with Gasteiger partial charge in [-0.2, -0.15) is 0 Å². The van der Waals surface area contributed by atoms with Gasteiger partial charge in [0.25, 0.3) is 5.91 Å². The number of carboxylic acids is 1. The molecular formula is C28H27NO5. The van der Waals surface area contributed by atoms with E-state index in [1.165, 1.54) is 0 Å². The predicted molar refractivity (Wildman–Crippen MR) is 129 cm³/mol. The average molecular weight is 458 g/mol. The van der Waals surface area contributed by atoms with Gasteiger partial charge in [0, 0.05) is 5.56 Å². The molecule has 1 aliphatic carbocycles. The van der Waals surface area contributed by atoms with Crippen LogP contribution >= 0.6 is 0 Å². The molecule has 0 radical (unpaired) electrons. The van der Waals surface area contributed by atoms with Gasteiger partial charge < -0.3 is 15.2 Å². The topological polar surface area (TPSA) is 92.7 Å². The van der Waals surface area contributed by atoms with Crippen molar-refractivity contribution in [1.29, 1.82) is 0 Å². The van der Waals surface area contributed by atoms with E-state index in [0.717, 1.165) is 46.2 Å². The monoisotopic (exact) mass is 457 g/mol. The normalized spacial score (nSPS) is 14.7. The van der Waals surface area contributed by atoms with Crippen LogP contribution in [0.5, 0.6) is 5.75 Å². The van der Waals surface area contributed by atoms with Crippen molar-refractivity contribution in [3.8, 4) is 16.9 Å². The quantitative estimate of drug-likeness (QED) is 0.392. The first-order chi connectivity index (χ1) is 16.3. The van der Waals surface area contributed by atoms with Crippen molar-refractivity contribution in [2.45, 2.75) is 39.2 Å². The van der Waals surface area contributed by atoms with Crippen LogP contribution in [-0.4, -0.2) is 29.4 Å². The number of fused-ring (bicyclic) bond motifs is 1. The number of Topliss-reactive ketones (excluding diaryl/α,β-unsaturated/α-hetero) is 1. The highest BCUT2D eigenvalue weighted by molar-refractivity contribution is 6.42. The molecule has 0 fully saturated rings. The maximum Gasteiger partial charge on any atom is 0.341 e. The summed E-state index contributed by atoms with van der Waals surface area (Å²) in [6, 6.07) is 18.5. The van der Waals surface area contributed by atoms with E-state index in [9.17, 15) is 14.4 Å². The lowest BCUT2D eigenvalue weighted by molar-refractivity contribution is -0.139. The van der Waals surface area contributed by atoms with Gasteiger partial charge in [0.1, 0.15) is 5.75 Å². The molecule has 174 valence electrons. The Morgan fingerprint density at radius 2 is 1.82 bits per heavy atom. The number of ketones is 1. The summed E-state index contributed by atoms with van der Waals surface area (Å²) >= 11 is 0. The molecule has 0 heterocycles. The van der Waals surface area contributed by atoms with Gasteiger partial charge in [-0.1, -0.05) is 54.1 Å². The molecule has 0 saturated heterocycles. The van der Waals surface area contributed by atoms with Crippen molar-refractivity contribution in [2.24, 2.45) is 0 Å². The van der Waals surface area contributed by atoms with Crippen LogP contribution in [-0.2, 0) is 16.0 Å². The van der Waals surface area contributed by atoms with E-state index < -0.39 is 24.3 Å². The van der Waals surface area contributed by atoms with Crippen LogP contribution in [0.1, 0.15) is 51.5 Å². The minimum absolute atomic E-state index is 0.332. The number of hydrogen-bond acceptors (Lipinski definition) is 4. The molecule has 0 aliphatic heterocycles. The lowest BCUT2D eigenvalue weighted by Crippen LogP contribution is -2.36. The number of aliphatic carboxylic acids is 1. The number of carbonyl (C=O) groups excluding carboxylic acids is 2. The highest BCUT2D eigenvalue weighted by Gasteiger charge is 2.27. The van der Waals surface area contributed by atoms with Crippen LogP contribution < -0.4 is 10.1 Å². The maximum absolute atomic E-state index is 12.9. The number of nitrogens with one attached hydrogen (secondary N) is 1. The Balaban J connectivity index is 1.51. The van der Waals surface area contributed by atoms with Gasteiger partial charge in [-0.25, -0.2) is 4.79 Å². The zero-order chi connectivity index (χ0) is 24.2. The maximum atomic E-state index is 12.9. The number of aryl methyl sites for hydroxylation is 2. The summed E-state index contributed by atoms with van der Waals surface area (Å²) in [6.45, 7) is 3.54. The second kappa shape index (κ2) is 9.91. The number of benzene rings is 3. The first-order valence-corrected chi connectivity index (χ1v) is 11.3. The molecule has 0 aromatic heterocycles. The van der Waals surface area contributed by atoms with Crippen LogP contribution in [0.2, 0.25) is 0 Å². The van der Waals surface area contributed by atoms with Gasteiger partial charge >= 0.3 is 5.97 Å². The van der Waals surface area contributed by atoms with Gasteiger partial charge in [-0.15, -0.1) is 0 Å². The van der Waals surface area contributed by atoms with Crippen molar-refractivity contribution in [3.05, 3.63) is 88.5 Å². The Bertz CT molecular complexity index is 1260. The van der Waals surface area contributed by atoms with E-state index in [4.69, 9.17) is 9.84 Å². The van der Waals surface area contributed by atoms with E-state index in [1.54, 1.807) is 24.3 Å². The van der Waals surface area contributed by atoms with Crippen molar-refractivity contribution in [2.75, 3.05) is 6.61 Å². The minimum atomic E-state index is -1.05. The molecule has 1 aliphatic rings. The Labute approximate surface area is 198 Å². The van der Waals surface area contributed by atoms with Crippen LogP contribution in [0, 0.1) is 13.8 Å². The van der Waals surface area contributed by atoms with Crippen LogP contribution in [0.25, 0.3) is 11.1 Å². The van der Waals surface area contributed by atoms with Crippen molar-refractivity contribution in [1.82, 2.24) is 5.32 Å². The van der Waals surface area contributed by atoms with E-state index >= 15 is 0 Å². The fourth-order valence-corrected chi connectivity index (χ4v) is 4.54. The third-order valence-electron chi connectivity index (χ3n) is 6.14. The van der Waals surface area contributed by atoms with Crippen molar-refractivity contribution < 1.29 is 24.2 Å². The van der Waals surface area contributed by atoms with Gasteiger partial charge in [0.05, 0.1) is 6.04 Å². The smallest absolute Gasteiger partial charge is 0.341 e. The summed E-state index contributed by atoms with van der Waals surface area (Å²) in [7, 11) is 0.